The molecule has 1 fully saturated rings. The zero-order chi connectivity index (χ0) is 15.8. The summed E-state index contributed by atoms with van der Waals surface area (Å²) in [5.41, 5.74) is 3.94. The van der Waals surface area contributed by atoms with E-state index in [1.807, 2.05) is 0 Å². The van der Waals surface area contributed by atoms with Gasteiger partial charge in [-0.05, 0) is 61.5 Å². The van der Waals surface area contributed by atoms with Crippen molar-refractivity contribution in [1.29, 1.82) is 0 Å². The van der Waals surface area contributed by atoms with Crippen molar-refractivity contribution in [2.75, 3.05) is 0 Å². The fourth-order valence-electron chi connectivity index (χ4n) is 3.76. The first-order chi connectivity index (χ1) is 9.70. The zero-order valence-corrected chi connectivity index (χ0v) is 13.9. The quantitative estimate of drug-likeness (QED) is 0.837. The zero-order valence-electron chi connectivity index (χ0n) is 13.9. The minimum absolute atomic E-state index is 0.153. The van der Waals surface area contributed by atoms with E-state index >= 15 is 0 Å². The first-order valence-corrected chi connectivity index (χ1v) is 8.00. The third kappa shape index (κ3) is 3.48. The second kappa shape index (κ2) is 5.82. The lowest BCUT2D eigenvalue weighted by Crippen LogP contribution is -2.34. The van der Waals surface area contributed by atoms with Crippen LogP contribution in [0.25, 0.3) is 0 Å². The molecule has 3 unspecified atom stereocenters. The van der Waals surface area contributed by atoms with E-state index in [1.54, 1.807) is 0 Å². The molecular formula is C19H28O2. The minimum atomic E-state index is -0.631. The summed E-state index contributed by atoms with van der Waals surface area (Å²) < 4.78 is 0. The summed E-state index contributed by atoms with van der Waals surface area (Å²) >= 11 is 0. The van der Waals surface area contributed by atoms with Gasteiger partial charge in [-0.3, -0.25) is 4.79 Å². The van der Waals surface area contributed by atoms with Crippen molar-refractivity contribution in [2.45, 2.75) is 59.8 Å². The molecule has 2 nitrogen and oxygen atoms in total. The first-order valence-electron chi connectivity index (χ1n) is 8.00. The lowest BCUT2D eigenvalue weighted by Gasteiger charge is -2.41. The molecule has 1 aliphatic rings. The Kier molecular flexibility index (Phi) is 4.46. The molecule has 1 aromatic carbocycles. The van der Waals surface area contributed by atoms with Crippen LogP contribution >= 0.6 is 0 Å². The minimum Gasteiger partial charge on any atom is -0.481 e. The van der Waals surface area contributed by atoms with E-state index in [2.05, 4.69) is 52.8 Å². The van der Waals surface area contributed by atoms with Crippen LogP contribution in [-0.2, 0) is 4.79 Å². The number of aliphatic carboxylic acids is 1. The van der Waals surface area contributed by atoms with Crippen molar-refractivity contribution in [3.63, 3.8) is 0 Å². The molecule has 1 aliphatic carbocycles. The molecule has 0 bridgehead atoms. The summed E-state index contributed by atoms with van der Waals surface area (Å²) in [7, 11) is 0. The Balaban J connectivity index is 2.38. The predicted octanol–water partition coefficient (Wildman–Crippen LogP) is 4.93. The molecule has 0 saturated heterocycles. The standard InChI is InChI=1S/C19H28O2/c1-12-6-7-13(2)16(10-12)17-11-14(19(3,4)5)8-9-15(17)18(20)21/h6-7,10,14-15,17H,8-9,11H2,1-5H3,(H,20,21). The number of carboxylic acids is 1. The Morgan fingerprint density at radius 1 is 1.19 bits per heavy atom. The highest BCUT2D eigenvalue weighted by molar-refractivity contribution is 5.71. The summed E-state index contributed by atoms with van der Waals surface area (Å²) in [5.74, 6) is -0.115. The first kappa shape index (κ1) is 16.1. The summed E-state index contributed by atoms with van der Waals surface area (Å²) in [4.78, 5) is 11.7. The van der Waals surface area contributed by atoms with E-state index in [1.165, 1.54) is 16.7 Å². The van der Waals surface area contributed by atoms with Crippen molar-refractivity contribution in [2.24, 2.45) is 17.3 Å². The van der Waals surface area contributed by atoms with Gasteiger partial charge in [-0.25, -0.2) is 0 Å². The molecule has 0 aliphatic heterocycles. The number of rotatable bonds is 2. The van der Waals surface area contributed by atoms with Crippen molar-refractivity contribution >= 4 is 5.97 Å². The Labute approximate surface area is 128 Å². The molecule has 21 heavy (non-hydrogen) atoms. The average Bonchev–Trinajstić information content (AvgIpc) is 2.39. The highest BCUT2D eigenvalue weighted by Gasteiger charge is 2.40. The summed E-state index contributed by atoms with van der Waals surface area (Å²) in [6.45, 7) is 11.0. The van der Waals surface area contributed by atoms with Gasteiger partial charge in [0.05, 0.1) is 5.92 Å². The van der Waals surface area contributed by atoms with Crippen LogP contribution in [0.4, 0.5) is 0 Å². The van der Waals surface area contributed by atoms with Crippen molar-refractivity contribution in [3.05, 3.63) is 34.9 Å². The lowest BCUT2D eigenvalue weighted by molar-refractivity contribution is -0.144. The van der Waals surface area contributed by atoms with Gasteiger partial charge in [0.1, 0.15) is 0 Å². The highest BCUT2D eigenvalue weighted by atomic mass is 16.4. The molecular weight excluding hydrogens is 260 g/mol. The molecule has 0 amide bonds. The van der Waals surface area contributed by atoms with Gasteiger partial charge < -0.3 is 5.11 Å². The van der Waals surface area contributed by atoms with E-state index in [4.69, 9.17) is 0 Å². The number of hydrogen-bond acceptors (Lipinski definition) is 1. The Bertz CT molecular complexity index is 525. The van der Waals surface area contributed by atoms with E-state index in [0.29, 0.717) is 5.92 Å². The fourth-order valence-corrected chi connectivity index (χ4v) is 3.76. The molecule has 0 aromatic heterocycles. The summed E-state index contributed by atoms with van der Waals surface area (Å²) in [6.07, 6.45) is 2.82. The van der Waals surface area contributed by atoms with Gasteiger partial charge >= 0.3 is 5.97 Å². The number of benzene rings is 1. The van der Waals surface area contributed by atoms with Crippen LogP contribution in [0, 0.1) is 31.1 Å². The van der Waals surface area contributed by atoms with Crippen LogP contribution in [0.3, 0.4) is 0 Å². The third-order valence-electron chi connectivity index (χ3n) is 5.23. The Morgan fingerprint density at radius 3 is 2.43 bits per heavy atom. The molecule has 2 rings (SSSR count). The topological polar surface area (TPSA) is 37.3 Å². The van der Waals surface area contributed by atoms with Crippen LogP contribution in [-0.4, -0.2) is 11.1 Å². The van der Waals surface area contributed by atoms with Crippen LogP contribution in [0.2, 0.25) is 0 Å². The number of carbonyl (C=O) groups is 1. The van der Waals surface area contributed by atoms with Gasteiger partial charge in [0.2, 0.25) is 0 Å². The molecule has 3 atom stereocenters. The molecule has 0 radical (unpaired) electrons. The second-order valence-electron chi connectivity index (χ2n) is 7.79. The van der Waals surface area contributed by atoms with Gasteiger partial charge in [0.25, 0.3) is 0 Å². The fraction of sp³-hybridized carbons (Fsp3) is 0.632. The van der Waals surface area contributed by atoms with Crippen LogP contribution in [0.1, 0.15) is 62.6 Å². The monoisotopic (exact) mass is 288 g/mol. The van der Waals surface area contributed by atoms with E-state index in [0.717, 1.165) is 19.3 Å². The van der Waals surface area contributed by atoms with Gasteiger partial charge in [-0.15, -0.1) is 0 Å². The maximum atomic E-state index is 11.7. The van der Waals surface area contributed by atoms with Gasteiger partial charge in [0, 0.05) is 0 Å². The van der Waals surface area contributed by atoms with Crippen LogP contribution < -0.4 is 0 Å². The second-order valence-corrected chi connectivity index (χ2v) is 7.79. The molecule has 0 spiro atoms. The van der Waals surface area contributed by atoms with Gasteiger partial charge in [-0.1, -0.05) is 44.5 Å². The predicted molar refractivity (Wildman–Crippen MR) is 86.6 cm³/mol. The van der Waals surface area contributed by atoms with E-state index in [-0.39, 0.29) is 17.3 Å². The smallest absolute Gasteiger partial charge is 0.307 e. The van der Waals surface area contributed by atoms with Gasteiger partial charge in [-0.2, -0.15) is 0 Å². The summed E-state index contributed by atoms with van der Waals surface area (Å²) in [6, 6.07) is 6.43. The average molecular weight is 288 g/mol. The molecule has 1 aromatic rings. The molecule has 0 heterocycles. The van der Waals surface area contributed by atoms with Crippen LogP contribution in [0.5, 0.6) is 0 Å². The van der Waals surface area contributed by atoms with E-state index < -0.39 is 5.97 Å². The summed E-state index contributed by atoms with van der Waals surface area (Å²) in [5, 5.41) is 9.62. The molecule has 116 valence electrons. The maximum Gasteiger partial charge on any atom is 0.307 e. The van der Waals surface area contributed by atoms with Crippen LogP contribution in [0.15, 0.2) is 18.2 Å². The van der Waals surface area contributed by atoms with Crippen molar-refractivity contribution < 1.29 is 9.90 Å². The maximum absolute atomic E-state index is 11.7. The third-order valence-corrected chi connectivity index (χ3v) is 5.23. The van der Waals surface area contributed by atoms with Crippen molar-refractivity contribution in [3.8, 4) is 0 Å². The largest absolute Gasteiger partial charge is 0.481 e. The lowest BCUT2D eigenvalue weighted by atomic mass is 9.63. The Hall–Kier alpha value is -1.31. The van der Waals surface area contributed by atoms with Crippen molar-refractivity contribution in [1.82, 2.24) is 0 Å². The normalized spacial score (nSPS) is 26.6. The highest BCUT2D eigenvalue weighted by Crippen LogP contribution is 2.47. The molecule has 1 N–H and O–H groups in total. The van der Waals surface area contributed by atoms with Gasteiger partial charge in [0.15, 0.2) is 0 Å². The Morgan fingerprint density at radius 2 is 1.86 bits per heavy atom. The molecule has 2 heteroatoms. The number of carboxylic acid groups (broad SMARTS) is 1. The number of aryl methyl sites for hydroxylation is 2. The SMILES string of the molecule is Cc1ccc(C)c(C2CC(C(C)(C)C)CCC2C(=O)O)c1. The number of hydrogen-bond donors (Lipinski definition) is 1. The van der Waals surface area contributed by atoms with E-state index in [9.17, 15) is 9.90 Å². The molecule has 1 saturated carbocycles.